The minimum Gasteiger partial charge on any atom is -0.465 e. The maximum Gasteiger partial charge on any atom is 0.379 e. The monoisotopic (exact) mass is 345 g/mol. The molecule has 0 bridgehead atoms. The molecule has 0 saturated carbocycles. The lowest BCUT2D eigenvalue weighted by Crippen LogP contribution is -2.17. The Morgan fingerprint density at radius 3 is 2.40 bits per heavy atom. The smallest absolute Gasteiger partial charge is 0.379 e. The molecule has 1 N–H and O–H groups in total. The Balaban J connectivity index is 2.61. The van der Waals surface area contributed by atoms with Gasteiger partial charge in [-0.1, -0.05) is 19.8 Å². The molecule has 2 aromatic rings. The van der Waals surface area contributed by atoms with Crippen LogP contribution in [-0.4, -0.2) is 36.9 Å². The number of benzene rings is 1. The number of rotatable bonds is 7. The number of ether oxygens (including phenoxy) is 2. The Kier molecular flexibility index (Phi) is 5.96. The molecular weight excluding hydrogens is 322 g/mol. The van der Waals surface area contributed by atoms with Crippen LogP contribution in [0, 0.1) is 6.92 Å². The van der Waals surface area contributed by atoms with Gasteiger partial charge in [0.05, 0.1) is 25.3 Å². The normalized spacial score (nSPS) is 10.7. The van der Waals surface area contributed by atoms with Gasteiger partial charge in [-0.25, -0.2) is 9.59 Å². The number of H-pyrrole nitrogens is 1. The Morgan fingerprint density at radius 1 is 1.08 bits per heavy atom. The van der Waals surface area contributed by atoms with Gasteiger partial charge in [0.2, 0.25) is 0 Å². The van der Waals surface area contributed by atoms with Gasteiger partial charge in [0.1, 0.15) is 0 Å². The van der Waals surface area contributed by atoms with Crippen LogP contribution in [0.15, 0.2) is 12.1 Å². The van der Waals surface area contributed by atoms with E-state index in [9.17, 15) is 14.4 Å². The number of carbonyl (C=O) groups excluding carboxylic acids is 3. The van der Waals surface area contributed by atoms with Gasteiger partial charge in [-0.2, -0.15) is 0 Å². The van der Waals surface area contributed by atoms with Crippen LogP contribution in [0.25, 0.3) is 10.9 Å². The van der Waals surface area contributed by atoms with Gasteiger partial charge in [-0.05, 0) is 37.5 Å². The number of fused-ring (bicyclic) bond motifs is 1. The number of ketones is 1. The fourth-order valence-corrected chi connectivity index (χ4v) is 2.93. The SMILES string of the molecule is CCCCCc1[nH]c2cc(C(=O)OC)c(C)cc2c1C(=O)C(=O)OC. The van der Waals surface area contributed by atoms with E-state index in [4.69, 9.17) is 4.74 Å². The van der Waals surface area contributed by atoms with E-state index in [2.05, 4.69) is 16.6 Å². The molecule has 0 aliphatic rings. The summed E-state index contributed by atoms with van der Waals surface area (Å²) in [7, 11) is 2.51. The molecule has 1 aromatic carbocycles. The van der Waals surface area contributed by atoms with E-state index in [-0.39, 0.29) is 0 Å². The zero-order valence-electron chi connectivity index (χ0n) is 15.0. The van der Waals surface area contributed by atoms with Crippen molar-refractivity contribution >= 4 is 28.6 Å². The first-order chi connectivity index (χ1) is 11.9. The van der Waals surface area contributed by atoms with Gasteiger partial charge in [0.25, 0.3) is 5.78 Å². The van der Waals surface area contributed by atoms with Gasteiger partial charge >= 0.3 is 11.9 Å². The molecule has 1 heterocycles. The van der Waals surface area contributed by atoms with Crippen LogP contribution in [0.3, 0.4) is 0 Å². The molecule has 25 heavy (non-hydrogen) atoms. The van der Waals surface area contributed by atoms with Crippen molar-refractivity contribution in [3.8, 4) is 0 Å². The second-order valence-corrected chi connectivity index (χ2v) is 5.96. The van der Waals surface area contributed by atoms with Crippen LogP contribution < -0.4 is 0 Å². The Labute approximate surface area is 146 Å². The number of methoxy groups -OCH3 is 2. The molecule has 0 spiro atoms. The summed E-state index contributed by atoms with van der Waals surface area (Å²) in [5.41, 5.74) is 2.76. The zero-order valence-corrected chi connectivity index (χ0v) is 15.0. The quantitative estimate of drug-likeness (QED) is 0.360. The first kappa shape index (κ1) is 18.7. The van der Waals surface area contributed by atoms with Crippen molar-refractivity contribution in [2.24, 2.45) is 0 Å². The molecular formula is C19H23NO5. The number of hydrogen-bond acceptors (Lipinski definition) is 5. The molecule has 6 nitrogen and oxygen atoms in total. The highest BCUT2D eigenvalue weighted by Gasteiger charge is 2.26. The predicted octanol–water partition coefficient (Wildman–Crippen LogP) is 3.35. The van der Waals surface area contributed by atoms with E-state index in [0.29, 0.717) is 39.7 Å². The molecule has 0 atom stereocenters. The first-order valence-electron chi connectivity index (χ1n) is 8.30. The number of aromatic amines is 1. The number of unbranched alkanes of at least 4 members (excludes halogenated alkanes) is 2. The summed E-state index contributed by atoms with van der Waals surface area (Å²) in [6.07, 6.45) is 3.61. The molecule has 0 fully saturated rings. The summed E-state index contributed by atoms with van der Waals surface area (Å²) in [6, 6.07) is 3.39. The van der Waals surface area contributed by atoms with Crippen LogP contribution in [-0.2, 0) is 20.7 Å². The average molecular weight is 345 g/mol. The molecule has 0 saturated heterocycles. The summed E-state index contributed by atoms with van der Waals surface area (Å²) in [5.74, 6) is -2.01. The maximum atomic E-state index is 12.5. The summed E-state index contributed by atoms with van der Waals surface area (Å²) in [6.45, 7) is 3.86. The topological polar surface area (TPSA) is 85.5 Å². The van der Waals surface area contributed by atoms with Crippen molar-refractivity contribution in [2.75, 3.05) is 14.2 Å². The summed E-state index contributed by atoms with van der Waals surface area (Å²) >= 11 is 0. The van der Waals surface area contributed by atoms with Crippen LogP contribution >= 0.6 is 0 Å². The summed E-state index contributed by atoms with van der Waals surface area (Å²) < 4.78 is 9.39. The van der Waals surface area contributed by atoms with Crippen LogP contribution in [0.4, 0.5) is 0 Å². The fraction of sp³-hybridized carbons (Fsp3) is 0.421. The third-order valence-corrected chi connectivity index (χ3v) is 4.25. The molecule has 0 radical (unpaired) electrons. The highest BCUT2D eigenvalue weighted by Crippen LogP contribution is 2.28. The first-order valence-corrected chi connectivity index (χ1v) is 8.30. The van der Waals surface area contributed by atoms with Crippen LogP contribution in [0.5, 0.6) is 0 Å². The molecule has 0 unspecified atom stereocenters. The van der Waals surface area contributed by atoms with Crippen molar-refractivity contribution in [3.05, 3.63) is 34.5 Å². The van der Waals surface area contributed by atoms with Gasteiger partial charge in [-0.15, -0.1) is 0 Å². The summed E-state index contributed by atoms with van der Waals surface area (Å²) in [4.78, 5) is 39.4. The standard InChI is InChI=1S/C19H23NO5/c1-5-6-7-8-14-16(17(21)19(23)25-4)13-9-11(2)12(18(22)24-3)10-15(13)20-14/h9-10,20H,5-8H2,1-4H3. The van der Waals surface area contributed by atoms with Crippen molar-refractivity contribution < 1.29 is 23.9 Å². The van der Waals surface area contributed by atoms with Crippen LogP contribution in [0.2, 0.25) is 0 Å². The van der Waals surface area contributed by atoms with Gasteiger partial charge in [0.15, 0.2) is 0 Å². The van der Waals surface area contributed by atoms with Crippen molar-refractivity contribution in [2.45, 2.75) is 39.5 Å². The molecule has 0 aliphatic heterocycles. The van der Waals surface area contributed by atoms with Crippen LogP contribution in [0.1, 0.15) is 58.2 Å². The van der Waals surface area contributed by atoms with Crippen molar-refractivity contribution in [3.63, 3.8) is 0 Å². The van der Waals surface area contributed by atoms with E-state index in [0.717, 1.165) is 19.3 Å². The molecule has 6 heteroatoms. The number of aromatic nitrogens is 1. The van der Waals surface area contributed by atoms with Crippen molar-refractivity contribution in [1.29, 1.82) is 0 Å². The van der Waals surface area contributed by atoms with Gasteiger partial charge in [0, 0.05) is 16.6 Å². The number of esters is 2. The Hall–Kier alpha value is -2.63. The number of hydrogen-bond donors (Lipinski definition) is 1. The zero-order chi connectivity index (χ0) is 18.6. The highest BCUT2D eigenvalue weighted by molar-refractivity contribution is 6.43. The Morgan fingerprint density at radius 2 is 1.80 bits per heavy atom. The minimum absolute atomic E-state index is 0.331. The van der Waals surface area contributed by atoms with E-state index in [1.54, 1.807) is 19.1 Å². The number of carbonyl (C=O) groups is 3. The number of aryl methyl sites for hydroxylation is 2. The molecule has 0 amide bonds. The average Bonchev–Trinajstić information content (AvgIpc) is 2.96. The molecule has 1 aromatic heterocycles. The maximum absolute atomic E-state index is 12.5. The Bertz CT molecular complexity index is 819. The number of nitrogens with one attached hydrogen (secondary N) is 1. The third-order valence-electron chi connectivity index (χ3n) is 4.25. The van der Waals surface area contributed by atoms with E-state index in [1.807, 2.05) is 0 Å². The van der Waals surface area contributed by atoms with Gasteiger partial charge < -0.3 is 14.5 Å². The van der Waals surface area contributed by atoms with E-state index in [1.165, 1.54) is 14.2 Å². The fourth-order valence-electron chi connectivity index (χ4n) is 2.93. The summed E-state index contributed by atoms with van der Waals surface area (Å²) in [5, 5.41) is 0.618. The van der Waals surface area contributed by atoms with E-state index < -0.39 is 17.7 Å². The minimum atomic E-state index is -0.896. The van der Waals surface area contributed by atoms with Crippen molar-refractivity contribution in [1.82, 2.24) is 4.98 Å². The van der Waals surface area contributed by atoms with E-state index >= 15 is 0 Å². The highest BCUT2D eigenvalue weighted by atomic mass is 16.5. The molecule has 2 rings (SSSR count). The molecule has 134 valence electrons. The second kappa shape index (κ2) is 7.96. The largest absolute Gasteiger partial charge is 0.465 e. The predicted molar refractivity (Wildman–Crippen MR) is 94.0 cm³/mol. The second-order valence-electron chi connectivity index (χ2n) is 5.96. The van der Waals surface area contributed by atoms with Gasteiger partial charge in [-0.3, -0.25) is 4.79 Å². The lowest BCUT2D eigenvalue weighted by molar-refractivity contribution is -0.135. The lowest BCUT2D eigenvalue weighted by atomic mass is 9.99. The molecule has 0 aliphatic carbocycles. The number of Topliss-reactive ketones (excluding diaryl/α,β-unsaturated/α-hetero) is 1. The lowest BCUT2D eigenvalue weighted by Gasteiger charge is -2.05. The third kappa shape index (κ3) is 3.73.